The van der Waals surface area contributed by atoms with Crippen molar-refractivity contribution in [1.82, 2.24) is 25.1 Å². The lowest BCUT2D eigenvalue weighted by molar-refractivity contribution is 0.0950. The Morgan fingerprint density at radius 3 is 3.04 bits per heavy atom. The molecule has 0 aliphatic rings. The molecule has 9 heteroatoms. The number of hydrogen-bond donors (Lipinski definition) is 2. The van der Waals surface area contributed by atoms with Crippen molar-refractivity contribution < 1.29 is 13.9 Å². The lowest BCUT2D eigenvalue weighted by atomic mass is 10.1. The number of aromatic amines is 1. The van der Waals surface area contributed by atoms with Crippen molar-refractivity contribution in [3.8, 4) is 0 Å². The minimum atomic E-state index is -0.489. The van der Waals surface area contributed by atoms with Gasteiger partial charge in [0.25, 0.3) is 5.91 Å². The number of nitrogens with zero attached hydrogens (tertiary/aromatic N) is 3. The van der Waals surface area contributed by atoms with Gasteiger partial charge in [-0.2, -0.15) is 0 Å². The van der Waals surface area contributed by atoms with E-state index in [4.69, 9.17) is 4.74 Å². The van der Waals surface area contributed by atoms with E-state index in [1.165, 1.54) is 18.2 Å². The van der Waals surface area contributed by atoms with E-state index in [2.05, 4.69) is 20.5 Å². The molecule has 3 aromatic rings. The van der Waals surface area contributed by atoms with Crippen LogP contribution in [0.5, 0.6) is 0 Å². The highest BCUT2D eigenvalue weighted by Crippen LogP contribution is 2.16. The van der Waals surface area contributed by atoms with Crippen molar-refractivity contribution in [3.05, 3.63) is 58.2 Å². The van der Waals surface area contributed by atoms with Crippen LogP contribution in [0.3, 0.4) is 0 Å². The second kappa shape index (κ2) is 7.87. The number of amides is 1. The Balaban J connectivity index is 1.77. The molecule has 136 valence electrons. The van der Waals surface area contributed by atoms with Crippen LogP contribution in [0.15, 0.2) is 35.4 Å². The highest BCUT2D eigenvalue weighted by molar-refractivity contribution is 6.05. The molecule has 2 aromatic heterocycles. The summed E-state index contributed by atoms with van der Waals surface area (Å²) in [4.78, 5) is 26.9. The van der Waals surface area contributed by atoms with Crippen molar-refractivity contribution in [3.63, 3.8) is 0 Å². The van der Waals surface area contributed by atoms with Crippen LogP contribution in [-0.4, -0.2) is 39.4 Å². The lowest BCUT2D eigenvalue weighted by Gasteiger charge is -2.09. The zero-order valence-electron chi connectivity index (χ0n) is 14.2. The number of halogens is 1. The first-order valence-electron chi connectivity index (χ1n) is 8.05. The number of pyridine rings is 1. The molecule has 0 atom stereocenters. The highest BCUT2D eigenvalue weighted by atomic mass is 19.1. The molecule has 0 saturated heterocycles. The molecule has 2 heterocycles. The number of H-pyrrole nitrogens is 1. The van der Waals surface area contributed by atoms with Crippen LogP contribution in [0, 0.1) is 5.82 Å². The SMILES string of the molecule is COCCCn1cnnc1CNC(=O)c1cc(=O)[nH]c2ccc(F)cc12. The van der Waals surface area contributed by atoms with Crippen LogP contribution in [0.4, 0.5) is 4.39 Å². The van der Waals surface area contributed by atoms with Gasteiger partial charge in [-0.25, -0.2) is 4.39 Å². The topological polar surface area (TPSA) is 102 Å². The van der Waals surface area contributed by atoms with E-state index in [0.717, 1.165) is 12.5 Å². The Hall–Kier alpha value is -3.07. The third-order valence-corrected chi connectivity index (χ3v) is 3.90. The van der Waals surface area contributed by atoms with Gasteiger partial charge in [0.15, 0.2) is 5.82 Å². The van der Waals surface area contributed by atoms with Crippen LogP contribution < -0.4 is 10.9 Å². The number of hydrogen-bond acceptors (Lipinski definition) is 5. The molecule has 0 aliphatic heterocycles. The summed E-state index contributed by atoms with van der Waals surface area (Å²) in [6.07, 6.45) is 2.36. The summed E-state index contributed by atoms with van der Waals surface area (Å²) in [5.41, 5.74) is 0.0671. The minimum absolute atomic E-state index is 0.105. The Morgan fingerprint density at radius 2 is 2.23 bits per heavy atom. The summed E-state index contributed by atoms with van der Waals surface area (Å²) in [5.74, 6) is -0.399. The van der Waals surface area contributed by atoms with Crippen LogP contribution in [-0.2, 0) is 17.8 Å². The Bertz CT molecular complexity index is 982. The van der Waals surface area contributed by atoms with Crippen molar-refractivity contribution in [1.29, 1.82) is 0 Å². The highest BCUT2D eigenvalue weighted by Gasteiger charge is 2.14. The second-order valence-electron chi connectivity index (χ2n) is 5.71. The molecule has 3 rings (SSSR count). The van der Waals surface area contributed by atoms with Crippen LogP contribution in [0.2, 0.25) is 0 Å². The van der Waals surface area contributed by atoms with Gasteiger partial charge in [0.05, 0.1) is 12.1 Å². The number of benzene rings is 1. The van der Waals surface area contributed by atoms with Gasteiger partial charge in [-0.3, -0.25) is 9.59 Å². The van der Waals surface area contributed by atoms with Gasteiger partial charge >= 0.3 is 0 Å². The minimum Gasteiger partial charge on any atom is -0.385 e. The van der Waals surface area contributed by atoms with Crippen molar-refractivity contribution in [2.24, 2.45) is 0 Å². The quantitative estimate of drug-likeness (QED) is 0.618. The standard InChI is InChI=1S/C17H18FN5O3/c1-26-6-2-5-23-10-20-22-15(23)9-19-17(25)13-8-16(24)21-14-4-3-11(18)7-12(13)14/h3-4,7-8,10H,2,5-6,9H2,1H3,(H,19,25)(H,21,24). The maximum atomic E-state index is 13.5. The van der Waals surface area contributed by atoms with Crippen LogP contribution in [0.1, 0.15) is 22.6 Å². The predicted molar refractivity (Wildman–Crippen MR) is 92.2 cm³/mol. The number of carbonyl (C=O) groups excluding carboxylic acids is 1. The molecule has 0 radical (unpaired) electrons. The van der Waals surface area contributed by atoms with E-state index in [9.17, 15) is 14.0 Å². The fourth-order valence-corrected chi connectivity index (χ4v) is 2.65. The third-order valence-electron chi connectivity index (χ3n) is 3.90. The number of ether oxygens (including phenoxy) is 1. The van der Waals surface area contributed by atoms with E-state index < -0.39 is 17.3 Å². The molecule has 0 aliphatic carbocycles. The number of aryl methyl sites for hydroxylation is 1. The largest absolute Gasteiger partial charge is 0.385 e. The zero-order chi connectivity index (χ0) is 18.5. The average Bonchev–Trinajstić information content (AvgIpc) is 3.07. The number of rotatable bonds is 7. The predicted octanol–water partition coefficient (Wildman–Crippen LogP) is 1.23. The molecule has 0 bridgehead atoms. The molecule has 8 nitrogen and oxygen atoms in total. The normalized spacial score (nSPS) is 11.0. The van der Waals surface area contributed by atoms with Gasteiger partial charge in [-0.15, -0.1) is 10.2 Å². The van der Waals surface area contributed by atoms with Gasteiger partial charge in [-0.05, 0) is 24.6 Å². The number of fused-ring (bicyclic) bond motifs is 1. The van der Waals surface area contributed by atoms with Gasteiger partial charge in [-0.1, -0.05) is 0 Å². The lowest BCUT2D eigenvalue weighted by Crippen LogP contribution is -2.26. The first-order chi connectivity index (χ1) is 12.6. The van der Waals surface area contributed by atoms with Crippen molar-refractivity contribution >= 4 is 16.8 Å². The fraction of sp³-hybridized carbons (Fsp3) is 0.294. The van der Waals surface area contributed by atoms with Gasteiger partial charge in [0.2, 0.25) is 5.56 Å². The fourth-order valence-electron chi connectivity index (χ4n) is 2.65. The van der Waals surface area contributed by atoms with Crippen molar-refractivity contribution in [2.75, 3.05) is 13.7 Å². The molecule has 1 aromatic carbocycles. The molecule has 0 fully saturated rings. The van der Waals surface area contributed by atoms with E-state index in [0.29, 0.717) is 29.9 Å². The van der Waals surface area contributed by atoms with E-state index in [1.807, 2.05) is 4.57 Å². The first kappa shape index (κ1) is 17.7. The monoisotopic (exact) mass is 359 g/mol. The summed E-state index contributed by atoms with van der Waals surface area (Å²) in [6, 6.07) is 5.02. The van der Waals surface area contributed by atoms with Crippen LogP contribution in [0.25, 0.3) is 10.9 Å². The van der Waals surface area contributed by atoms with Gasteiger partial charge in [0, 0.05) is 37.2 Å². The number of nitrogens with one attached hydrogen (secondary N) is 2. The Labute approximate surface area is 148 Å². The van der Waals surface area contributed by atoms with Gasteiger partial charge in [0.1, 0.15) is 12.1 Å². The van der Waals surface area contributed by atoms with E-state index >= 15 is 0 Å². The molecular weight excluding hydrogens is 341 g/mol. The van der Waals surface area contributed by atoms with E-state index in [1.54, 1.807) is 13.4 Å². The van der Waals surface area contributed by atoms with Crippen molar-refractivity contribution in [2.45, 2.75) is 19.5 Å². The molecule has 0 spiro atoms. The number of aromatic nitrogens is 4. The summed E-state index contributed by atoms with van der Waals surface area (Å²) in [6.45, 7) is 1.40. The number of carbonyl (C=O) groups is 1. The molecule has 26 heavy (non-hydrogen) atoms. The Morgan fingerprint density at radius 1 is 1.38 bits per heavy atom. The smallest absolute Gasteiger partial charge is 0.252 e. The molecule has 0 unspecified atom stereocenters. The van der Waals surface area contributed by atoms with Crippen LogP contribution >= 0.6 is 0 Å². The first-order valence-corrected chi connectivity index (χ1v) is 8.05. The molecular formula is C17H18FN5O3. The Kier molecular flexibility index (Phi) is 5.37. The third kappa shape index (κ3) is 3.94. The maximum Gasteiger partial charge on any atom is 0.252 e. The van der Waals surface area contributed by atoms with E-state index in [-0.39, 0.29) is 12.1 Å². The second-order valence-corrected chi connectivity index (χ2v) is 5.71. The summed E-state index contributed by atoms with van der Waals surface area (Å²) in [5, 5.41) is 10.9. The van der Waals surface area contributed by atoms with Gasteiger partial charge < -0.3 is 19.6 Å². The zero-order valence-corrected chi connectivity index (χ0v) is 14.2. The number of methoxy groups -OCH3 is 1. The summed E-state index contributed by atoms with van der Waals surface area (Å²) < 4.78 is 20.4. The summed E-state index contributed by atoms with van der Waals surface area (Å²) >= 11 is 0. The molecule has 1 amide bonds. The molecule has 2 N–H and O–H groups in total. The maximum absolute atomic E-state index is 13.5. The summed E-state index contributed by atoms with van der Waals surface area (Å²) in [7, 11) is 1.63. The molecule has 0 saturated carbocycles. The average molecular weight is 359 g/mol.